The molecule has 0 unspecified atom stereocenters. The predicted molar refractivity (Wildman–Crippen MR) is 80.9 cm³/mol. The Morgan fingerprint density at radius 2 is 2.32 bits per heavy atom. The Labute approximate surface area is 130 Å². The molecule has 7 nitrogen and oxygen atoms in total. The van der Waals surface area contributed by atoms with Gasteiger partial charge in [0, 0.05) is 18.5 Å². The van der Waals surface area contributed by atoms with Crippen LogP contribution in [0.25, 0.3) is 0 Å². The molecule has 2 N–H and O–H groups in total. The molecular formula is C14H16N2O5S. The minimum atomic E-state index is -0.815. The lowest BCUT2D eigenvalue weighted by Crippen LogP contribution is -2.33. The zero-order chi connectivity index (χ0) is 16.3. The summed E-state index contributed by atoms with van der Waals surface area (Å²) < 4.78 is 5.10. The van der Waals surface area contributed by atoms with Gasteiger partial charge in [-0.1, -0.05) is 0 Å². The smallest absolute Gasteiger partial charge is 0.283 e. The molecule has 0 aromatic carbocycles. The van der Waals surface area contributed by atoms with E-state index in [4.69, 9.17) is 4.42 Å². The molecule has 2 aromatic rings. The average molecular weight is 324 g/mol. The highest BCUT2D eigenvalue weighted by Crippen LogP contribution is 2.28. The van der Waals surface area contributed by atoms with Gasteiger partial charge in [-0.05, 0) is 26.0 Å². The van der Waals surface area contributed by atoms with Gasteiger partial charge in [0.1, 0.15) is 11.9 Å². The number of rotatable bonds is 6. The molecule has 0 bridgehead atoms. The third-order valence-electron chi connectivity index (χ3n) is 3.14. The summed E-state index contributed by atoms with van der Waals surface area (Å²) in [6.07, 6.45) is 0.936. The first kappa shape index (κ1) is 16.2. The van der Waals surface area contributed by atoms with Gasteiger partial charge in [0.15, 0.2) is 0 Å². The number of furan rings is 1. The Bertz CT molecular complexity index is 665. The van der Waals surface area contributed by atoms with Crippen molar-refractivity contribution in [3.8, 4) is 0 Å². The summed E-state index contributed by atoms with van der Waals surface area (Å²) in [7, 11) is 0. The molecule has 0 fully saturated rings. The fourth-order valence-electron chi connectivity index (χ4n) is 2.05. The largest absolute Gasteiger partial charge is 0.467 e. The molecule has 2 atom stereocenters. The first-order chi connectivity index (χ1) is 10.4. The topological polar surface area (TPSA) is 106 Å². The second-order valence-electron chi connectivity index (χ2n) is 4.95. The summed E-state index contributed by atoms with van der Waals surface area (Å²) in [5.74, 6) is 0.0454. The number of thiophene rings is 1. The SMILES string of the molecule is Cc1sc(C(=O)N[C@H](C)C[C@H](O)c2ccco2)cc1[N+](=O)[O-]. The van der Waals surface area contributed by atoms with Crippen LogP contribution in [0.2, 0.25) is 0 Å². The number of carbonyl (C=O) groups excluding carboxylic acids is 1. The van der Waals surface area contributed by atoms with Crippen molar-refractivity contribution in [2.45, 2.75) is 32.4 Å². The first-order valence-electron chi connectivity index (χ1n) is 6.65. The predicted octanol–water partition coefficient (Wildman–Crippen LogP) is 2.80. The van der Waals surface area contributed by atoms with Gasteiger partial charge in [-0.25, -0.2) is 0 Å². The lowest BCUT2D eigenvalue weighted by atomic mass is 10.1. The summed E-state index contributed by atoms with van der Waals surface area (Å²) in [6.45, 7) is 3.35. The molecule has 2 heterocycles. The van der Waals surface area contributed by atoms with E-state index in [0.29, 0.717) is 10.6 Å². The molecule has 0 spiro atoms. The normalized spacial score (nSPS) is 13.6. The average Bonchev–Trinajstić information content (AvgIpc) is 3.06. The van der Waals surface area contributed by atoms with Crippen molar-refractivity contribution < 1.29 is 19.2 Å². The summed E-state index contributed by atoms with van der Waals surface area (Å²) in [6, 6.07) is 4.29. The maximum absolute atomic E-state index is 12.1. The van der Waals surface area contributed by atoms with E-state index in [2.05, 4.69) is 5.32 Å². The van der Waals surface area contributed by atoms with Crippen molar-refractivity contribution in [1.29, 1.82) is 0 Å². The van der Waals surface area contributed by atoms with E-state index in [9.17, 15) is 20.0 Å². The Hall–Kier alpha value is -2.19. The van der Waals surface area contributed by atoms with Gasteiger partial charge in [-0.2, -0.15) is 0 Å². The third kappa shape index (κ3) is 3.71. The fourth-order valence-corrected chi connectivity index (χ4v) is 2.94. The van der Waals surface area contributed by atoms with Crippen LogP contribution in [-0.4, -0.2) is 22.0 Å². The van der Waals surface area contributed by atoms with Crippen LogP contribution in [-0.2, 0) is 0 Å². The molecule has 8 heteroatoms. The quantitative estimate of drug-likeness (QED) is 0.628. The van der Waals surface area contributed by atoms with Gasteiger partial charge in [0.25, 0.3) is 11.6 Å². The summed E-state index contributed by atoms with van der Waals surface area (Å²) in [5.41, 5.74) is -0.0570. The number of aliphatic hydroxyl groups excluding tert-OH is 1. The highest BCUT2D eigenvalue weighted by atomic mass is 32.1. The number of nitrogens with one attached hydrogen (secondary N) is 1. The van der Waals surface area contributed by atoms with Crippen molar-refractivity contribution >= 4 is 22.9 Å². The summed E-state index contributed by atoms with van der Waals surface area (Å²) in [4.78, 5) is 23.1. The maximum atomic E-state index is 12.1. The minimum absolute atomic E-state index is 0.0570. The monoisotopic (exact) mass is 324 g/mol. The van der Waals surface area contributed by atoms with Crippen molar-refractivity contribution in [2.24, 2.45) is 0 Å². The van der Waals surface area contributed by atoms with Crippen LogP contribution >= 0.6 is 11.3 Å². The molecule has 0 saturated heterocycles. The number of carbonyl (C=O) groups is 1. The van der Waals surface area contributed by atoms with Crippen LogP contribution in [0.15, 0.2) is 28.9 Å². The lowest BCUT2D eigenvalue weighted by molar-refractivity contribution is -0.385. The molecule has 1 amide bonds. The van der Waals surface area contributed by atoms with Crippen LogP contribution < -0.4 is 5.32 Å². The van der Waals surface area contributed by atoms with E-state index in [1.165, 1.54) is 12.3 Å². The molecule has 0 saturated carbocycles. The molecule has 118 valence electrons. The number of nitrogens with zero attached hydrogens (tertiary/aromatic N) is 1. The number of amides is 1. The van der Waals surface area contributed by atoms with E-state index in [1.54, 1.807) is 26.0 Å². The van der Waals surface area contributed by atoms with E-state index >= 15 is 0 Å². The van der Waals surface area contributed by atoms with Gasteiger partial charge >= 0.3 is 0 Å². The van der Waals surface area contributed by atoms with Crippen molar-refractivity contribution in [2.75, 3.05) is 0 Å². The summed E-state index contributed by atoms with van der Waals surface area (Å²) >= 11 is 1.07. The number of aliphatic hydroxyl groups is 1. The van der Waals surface area contributed by atoms with Crippen LogP contribution in [0.3, 0.4) is 0 Å². The van der Waals surface area contributed by atoms with Gasteiger partial charge in [-0.3, -0.25) is 14.9 Å². The second-order valence-corrected chi connectivity index (χ2v) is 6.21. The lowest BCUT2D eigenvalue weighted by Gasteiger charge is -2.16. The first-order valence-corrected chi connectivity index (χ1v) is 7.47. The minimum Gasteiger partial charge on any atom is -0.467 e. The van der Waals surface area contributed by atoms with Gasteiger partial charge in [0.05, 0.1) is 20.9 Å². The van der Waals surface area contributed by atoms with E-state index in [-0.39, 0.29) is 28.9 Å². The Morgan fingerprint density at radius 3 is 2.86 bits per heavy atom. The van der Waals surface area contributed by atoms with E-state index in [1.807, 2.05) is 0 Å². The number of hydrogen-bond donors (Lipinski definition) is 2. The van der Waals surface area contributed by atoms with Gasteiger partial charge < -0.3 is 14.8 Å². The highest BCUT2D eigenvalue weighted by Gasteiger charge is 2.22. The van der Waals surface area contributed by atoms with E-state index in [0.717, 1.165) is 11.3 Å². The molecule has 2 aromatic heterocycles. The van der Waals surface area contributed by atoms with Crippen molar-refractivity contribution in [1.82, 2.24) is 5.32 Å². The second kappa shape index (κ2) is 6.71. The number of nitro groups is 1. The van der Waals surface area contributed by atoms with E-state index < -0.39 is 11.0 Å². The molecule has 0 aliphatic carbocycles. The highest BCUT2D eigenvalue weighted by molar-refractivity contribution is 7.14. The van der Waals surface area contributed by atoms with Gasteiger partial charge in [-0.15, -0.1) is 11.3 Å². The number of aryl methyl sites for hydroxylation is 1. The number of hydrogen-bond acceptors (Lipinski definition) is 6. The third-order valence-corrected chi connectivity index (χ3v) is 4.18. The molecule has 0 aliphatic rings. The molecule has 22 heavy (non-hydrogen) atoms. The zero-order valence-corrected chi connectivity index (χ0v) is 12.9. The fraction of sp³-hybridized carbons (Fsp3) is 0.357. The molecule has 0 radical (unpaired) electrons. The molecule has 0 aliphatic heterocycles. The Morgan fingerprint density at radius 1 is 1.59 bits per heavy atom. The molecule has 2 rings (SSSR count). The zero-order valence-electron chi connectivity index (χ0n) is 12.1. The maximum Gasteiger partial charge on any atom is 0.283 e. The van der Waals surface area contributed by atoms with Crippen LogP contribution in [0.4, 0.5) is 5.69 Å². The van der Waals surface area contributed by atoms with Gasteiger partial charge in [0.2, 0.25) is 0 Å². The van der Waals surface area contributed by atoms with Crippen LogP contribution in [0, 0.1) is 17.0 Å². The molecular weight excluding hydrogens is 308 g/mol. The summed E-state index contributed by atoms with van der Waals surface area (Å²) in [5, 5.41) is 23.5. The van der Waals surface area contributed by atoms with Crippen molar-refractivity contribution in [3.63, 3.8) is 0 Å². The van der Waals surface area contributed by atoms with Crippen molar-refractivity contribution in [3.05, 3.63) is 50.1 Å². The Balaban J connectivity index is 1.96. The standard InChI is InChI=1S/C14H16N2O5S/c1-8(6-11(17)12-4-3-5-21-12)15-14(18)13-7-10(16(19)20)9(2)22-13/h3-5,7-8,11,17H,6H2,1-2H3,(H,15,18)/t8-,11+/m1/s1. The van der Waals surface area contributed by atoms with Crippen LogP contribution in [0.1, 0.15) is 39.8 Å². The Kier molecular flexibility index (Phi) is 4.94. The van der Waals surface area contributed by atoms with Crippen LogP contribution in [0.5, 0.6) is 0 Å².